The maximum atomic E-state index is 3.62. The van der Waals surface area contributed by atoms with Crippen molar-refractivity contribution in [1.82, 2.24) is 5.32 Å². The van der Waals surface area contributed by atoms with Crippen molar-refractivity contribution in [3.63, 3.8) is 0 Å². The molecule has 1 aliphatic rings. The molecule has 1 fully saturated rings. The second-order valence-electron chi connectivity index (χ2n) is 4.01. The Hall–Kier alpha value is -0.470. The van der Waals surface area contributed by atoms with Crippen LogP contribution in [0.25, 0.3) is 0 Å². The van der Waals surface area contributed by atoms with Gasteiger partial charge in [-0.1, -0.05) is 37.3 Å². The van der Waals surface area contributed by atoms with Crippen LogP contribution in [-0.2, 0) is 0 Å². The van der Waals surface area contributed by atoms with E-state index in [2.05, 4.69) is 42.6 Å². The summed E-state index contributed by atoms with van der Waals surface area (Å²) < 4.78 is 0. The number of rotatable bonds is 6. The first-order valence-corrected chi connectivity index (χ1v) is 6.93. The number of nitrogens with one attached hydrogen (secondary N) is 1. The molecule has 2 heteroatoms. The second kappa shape index (κ2) is 5.57. The van der Waals surface area contributed by atoms with E-state index in [9.17, 15) is 0 Å². The van der Waals surface area contributed by atoms with Crippen molar-refractivity contribution in [3.05, 3.63) is 35.9 Å². The monoisotopic (exact) mass is 221 g/mol. The molecule has 1 N–H and O–H groups in total. The summed E-state index contributed by atoms with van der Waals surface area (Å²) >= 11 is 2.01. The van der Waals surface area contributed by atoms with Gasteiger partial charge in [-0.3, -0.25) is 0 Å². The molecule has 82 valence electrons. The average Bonchev–Trinajstić information content (AvgIpc) is 3.05. The highest BCUT2D eigenvalue weighted by atomic mass is 32.2. The Labute approximate surface area is 96.7 Å². The van der Waals surface area contributed by atoms with E-state index in [-0.39, 0.29) is 0 Å². The molecular weight excluding hydrogens is 202 g/mol. The van der Waals surface area contributed by atoms with Gasteiger partial charge in [-0.25, -0.2) is 0 Å². The highest BCUT2D eigenvalue weighted by Crippen LogP contribution is 2.40. The topological polar surface area (TPSA) is 12.0 Å². The molecule has 1 saturated carbocycles. The van der Waals surface area contributed by atoms with E-state index in [1.165, 1.54) is 23.5 Å². The predicted molar refractivity (Wildman–Crippen MR) is 68.6 cm³/mol. The maximum Gasteiger partial charge on any atom is 0.0143 e. The number of thioether (sulfide) groups is 1. The smallest absolute Gasteiger partial charge is 0.0143 e. The number of hydrogen-bond acceptors (Lipinski definition) is 2. The van der Waals surface area contributed by atoms with E-state index in [4.69, 9.17) is 0 Å². The van der Waals surface area contributed by atoms with Crippen LogP contribution in [0.2, 0.25) is 0 Å². The largest absolute Gasteiger partial charge is 0.313 e. The van der Waals surface area contributed by atoms with Gasteiger partial charge in [-0.05, 0) is 17.7 Å². The van der Waals surface area contributed by atoms with Crippen molar-refractivity contribution in [1.29, 1.82) is 0 Å². The molecule has 1 aromatic carbocycles. The molecule has 1 unspecified atom stereocenters. The molecule has 0 saturated heterocycles. The Bertz CT molecular complexity index is 286. The van der Waals surface area contributed by atoms with E-state index in [0.717, 1.165) is 18.5 Å². The molecule has 0 heterocycles. The van der Waals surface area contributed by atoms with Crippen LogP contribution >= 0.6 is 11.8 Å². The second-order valence-corrected chi connectivity index (χ2v) is 5.40. The first kappa shape index (κ1) is 11.0. The molecular formula is C13H19NS. The van der Waals surface area contributed by atoms with Gasteiger partial charge in [0.25, 0.3) is 0 Å². The molecule has 1 nitrogen and oxygen atoms in total. The van der Waals surface area contributed by atoms with Crippen molar-refractivity contribution in [2.24, 2.45) is 0 Å². The van der Waals surface area contributed by atoms with Crippen LogP contribution in [0.1, 0.15) is 24.8 Å². The van der Waals surface area contributed by atoms with Gasteiger partial charge < -0.3 is 5.32 Å². The lowest BCUT2D eigenvalue weighted by Gasteiger charge is -2.03. The lowest BCUT2D eigenvalue weighted by atomic mass is 10.1. The molecule has 0 spiro atoms. The minimum absolute atomic E-state index is 0.741. The van der Waals surface area contributed by atoms with E-state index in [1.54, 1.807) is 0 Å². The summed E-state index contributed by atoms with van der Waals surface area (Å²) in [5.74, 6) is 3.25. The standard InChI is InChI=1S/C13H19NS/c1-2-15-9-8-14-13-10-12(13)11-6-4-3-5-7-11/h3-7,12-14H,2,8-10H2,1H3/t12?,13-/m0/s1. The lowest BCUT2D eigenvalue weighted by molar-refractivity contribution is 0.708. The van der Waals surface area contributed by atoms with Crippen molar-refractivity contribution in [2.45, 2.75) is 25.3 Å². The maximum absolute atomic E-state index is 3.62. The van der Waals surface area contributed by atoms with E-state index >= 15 is 0 Å². The molecule has 0 bridgehead atoms. The van der Waals surface area contributed by atoms with Crippen molar-refractivity contribution >= 4 is 11.8 Å². The summed E-state index contributed by atoms with van der Waals surface area (Å²) in [5.41, 5.74) is 1.50. The van der Waals surface area contributed by atoms with Crippen molar-refractivity contribution < 1.29 is 0 Å². The van der Waals surface area contributed by atoms with E-state index in [1.807, 2.05) is 11.8 Å². The van der Waals surface area contributed by atoms with Gasteiger partial charge >= 0.3 is 0 Å². The minimum atomic E-state index is 0.741. The average molecular weight is 221 g/mol. The summed E-state index contributed by atoms with van der Waals surface area (Å²) in [7, 11) is 0. The summed E-state index contributed by atoms with van der Waals surface area (Å²) in [5, 5.41) is 3.62. The lowest BCUT2D eigenvalue weighted by Crippen LogP contribution is -2.20. The van der Waals surface area contributed by atoms with Crippen LogP contribution in [0, 0.1) is 0 Å². The Morgan fingerprint density at radius 3 is 2.87 bits per heavy atom. The van der Waals surface area contributed by atoms with Crippen LogP contribution in [0.4, 0.5) is 0 Å². The van der Waals surface area contributed by atoms with Gasteiger partial charge in [-0.15, -0.1) is 0 Å². The molecule has 0 amide bonds. The molecule has 0 aliphatic heterocycles. The number of benzene rings is 1. The molecule has 0 radical (unpaired) electrons. The van der Waals surface area contributed by atoms with Crippen LogP contribution in [0.5, 0.6) is 0 Å². The quantitative estimate of drug-likeness (QED) is 0.741. The third-order valence-electron chi connectivity index (χ3n) is 2.88. The summed E-state index contributed by atoms with van der Waals surface area (Å²) in [6, 6.07) is 11.6. The summed E-state index contributed by atoms with van der Waals surface area (Å²) in [4.78, 5) is 0. The van der Waals surface area contributed by atoms with Crippen LogP contribution in [0.3, 0.4) is 0 Å². The van der Waals surface area contributed by atoms with Gasteiger partial charge in [0.15, 0.2) is 0 Å². The molecule has 15 heavy (non-hydrogen) atoms. The van der Waals surface area contributed by atoms with Gasteiger partial charge in [0.1, 0.15) is 0 Å². The Morgan fingerprint density at radius 2 is 2.13 bits per heavy atom. The Morgan fingerprint density at radius 1 is 1.33 bits per heavy atom. The first-order valence-electron chi connectivity index (χ1n) is 5.78. The highest BCUT2D eigenvalue weighted by molar-refractivity contribution is 7.99. The fourth-order valence-corrected chi connectivity index (χ4v) is 2.50. The third kappa shape index (κ3) is 3.25. The van der Waals surface area contributed by atoms with Gasteiger partial charge in [0, 0.05) is 24.3 Å². The van der Waals surface area contributed by atoms with Gasteiger partial charge in [0.05, 0.1) is 0 Å². The fraction of sp³-hybridized carbons (Fsp3) is 0.538. The highest BCUT2D eigenvalue weighted by Gasteiger charge is 2.37. The Balaban J connectivity index is 1.68. The van der Waals surface area contributed by atoms with Crippen LogP contribution < -0.4 is 5.32 Å². The number of hydrogen-bond donors (Lipinski definition) is 1. The van der Waals surface area contributed by atoms with E-state index < -0.39 is 0 Å². The van der Waals surface area contributed by atoms with E-state index in [0.29, 0.717) is 0 Å². The molecule has 2 rings (SSSR count). The normalized spacial score (nSPS) is 24.1. The van der Waals surface area contributed by atoms with Gasteiger partial charge in [0.2, 0.25) is 0 Å². The predicted octanol–water partition coefficient (Wildman–Crippen LogP) is 2.89. The SMILES string of the molecule is CCSCCN[C@H]1CC1c1ccccc1. The van der Waals surface area contributed by atoms with Crippen LogP contribution in [-0.4, -0.2) is 24.1 Å². The zero-order valence-electron chi connectivity index (χ0n) is 9.28. The van der Waals surface area contributed by atoms with Gasteiger partial charge in [-0.2, -0.15) is 11.8 Å². The fourth-order valence-electron chi connectivity index (χ4n) is 1.95. The zero-order valence-corrected chi connectivity index (χ0v) is 10.1. The Kier molecular flexibility index (Phi) is 4.09. The molecule has 1 aliphatic carbocycles. The zero-order chi connectivity index (χ0) is 10.5. The molecule has 1 aromatic rings. The molecule has 0 aromatic heterocycles. The third-order valence-corrected chi connectivity index (χ3v) is 3.78. The van der Waals surface area contributed by atoms with Crippen molar-refractivity contribution in [2.75, 3.05) is 18.1 Å². The molecule has 2 atom stereocenters. The van der Waals surface area contributed by atoms with Crippen LogP contribution in [0.15, 0.2) is 30.3 Å². The van der Waals surface area contributed by atoms with Crippen molar-refractivity contribution in [3.8, 4) is 0 Å². The summed E-state index contributed by atoms with van der Waals surface area (Å²) in [6.07, 6.45) is 1.32. The summed E-state index contributed by atoms with van der Waals surface area (Å²) in [6.45, 7) is 3.38. The first-order chi connectivity index (χ1) is 7.42. The minimum Gasteiger partial charge on any atom is -0.313 e.